The molecule has 5 heteroatoms. The van der Waals surface area contributed by atoms with Gasteiger partial charge in [-0.25, -0.2) is 0 Å². The van der Waals surface area contributed by atoms with Crippen LogP contribution in [-0.2, 0) is 11.3 Å². The molecular formula is C18H21N3O2. The van der Waals surface area contributed by atoms with Gasteiger partial charge in [0.1, 0.15) is 0 Å². The fourth-order valence-corrected chi connectivity index (χ4v) is 2.55. The number of allylic oxidation sites excluding steroid dienone is 1. The fraction of sp³-hybridized carbons (Fsp3) is 0.333. The van der Waals surface area contributed by atoms with Crippen LogP contribution in [0.25, 0.3) is 6.08 Å². The topological polar surface area (TPSA) is 47.4 Å². The van der Waals surface area contributed by atoms with Crippen LogP contribution >= 0.6 is 0 Å². The predicted octanol–water partition coefficient (Wildman–Crippen LogP) is 2.64. The minimum absolute atomic E-state index is 0.0260. The summed E-state index contributed by atoms with van der Waals surface area (Å²) in [5.41, 5.74) is 2.83. The normalized spacial score (nSPS) is 15.3. The number of ketones is 1. The maximum Gasteiger partial charge on any atom is 0.189 e. The van der Waals surface area contributed by atoms with Crippen LogP contribution in [0.15, 0.2) is 42.7 Å². The summed E-state index contributed by atoms with van der Waals surface area (Å²) < 4.78 is 7.11. The summed E-state index contributed by atoms with van der Waals surface area (Å²) in [5, 5.41) is 4.12. The van der Waals surface area contributed by atoms with Gasteiger partial charge in [-0.15, -0.1) is 0 Å². The van der Waals surface area contributed by atoms with Gasteiger partial charge in [0.2, 0.25) is 0 Å². The monoisotopic (exact) mass is 311 g/mol. The molecule has 1 aliphatic heterocycles. The molecule has 1 aliphatic rings. The van der Waals surface area contributed by atoms with E-state index in [1.54, 1.807) is 23.2 Å². The Morgan fingerprint density at radius 3 is 2.65 bits per heavy atom. The molecule has 0 radical (unpaired) electrons. The SMILES string of the molecule is CCn1cc(C(=O)/C=C/c2ccc(N3CCOCC3)cc2)cn1. The molecule has 2 aromatic rings. The number of rotatable bonds is 5. The van der Waals surface area contributed by atoms with Gasteiger partial charge in [0.05, 0.1) is 25.0 Å². The number of carbonyl (C=O) groups excluding carboxylic acids is 1. The minimum Gasteiger partial charge on any atom is -0.378 e. The molecule has 2 heterocycles. The zero-order valence-corrected chi connectivity index (χ0v) is 13.3. The Balaban J connectivity index is 1.64. The Kier molecular flexibility index (Phi) is 4.88. The van der Waals surface area contributed by atoms with E-state index in [-0.39, 0.29) is 5.78 Å². The molecular weight excluding hydrogens is 290 g/mol. The van der Waals surface area contributed by atoms with Crippen LogP contribution in [-0.4, -0.2) is 41.9 Å². The van der Waals surface area contributed by atoms with Gasteiger partial charge >= 0.3 is 0 Å². The van der Waals surface area contributed by atoms with Crippen molar-refractivity contribution in [2.75, 3.05) is 31.2 Å². The van der Waals surface area contributed by atoms with Crippen LogP contribution in [0.2, 0.25) is 0 Å². The highest BCUT2D eigenvalue weighted by molar-refractivity contribution is 6.06. The fourth-order valence-electron chi connectivity index (χ4n) is 2.55. The van der Waals surface area contributed by atoms with Crippen molar-refractivity contribution in [2.24, 2.45) is 0 Å². The van der Waals surface area contributed by atoms with Crippen molar-refractivity contribution in [3.63, 3.8) is 0 Å². The Morgan fingerprint density at radius 2 is 2.00 bits per heavy atom. The lowest BCUT2D eigenvalue weighted by Gasteiger charge is -2.28. The lowest BCUT2D eigenvalue weighted by molar-refractivity contribution is 0.104. The van der Waals surface area contributed by atoms with Crippen LogP contribution in [0.4, 0.5) is 5.69 Å². The van der Waals surface area contributed by atoms with E-state index >= 15 is 0 Å². The van der Waals surface area contributed by atoms with Gasteiger partial charge in [0.15, 0.2) is 5.78 Å². The van der Waals surface area contributed by atoms with Crippen molar-refractivity contribution >= 4 is 17.5 Å². The maximum absolute atomic E-state index is 12.1. The van der Waals surface area contributed by atoms with Crippen molar-refractivity contribution in [2.45, 2.75) is 13.5 Å². The van der Waals surface area contributed by atoms with Crippen molar-refractivity contribution in [1.82, 2.24) is 9.78 Å². The van der Waals surface area contributed by atoms with Crippen molar-refractivity contribution in [3.8, 4) is 0 Å². The molecule has 0 spiro atoms. The van der Waals surface area contributed by atoms with Gasteiger partial charge in [-0.3, -0.25) is 9.48 Å². The second kappa shape index (κ2) is 7.24. The number of hydrogen-bond donors (Lipinski definition) is 0. The maximum atomic E-state index is 12.1. The average molecular weight is 311 g/mol. The molecule has 1 saturated heterocycles. The van der Waals surface area contributed by atoms with Crippen LogP contribution in [0.3, 0.4) is 0 Å². The van der Waals surface area contributed by atoms with Crippen molar-refractivity contribution in [1.29, 1.82) is 0 Å². The van der Waals surface area contributed by atoms with E-state index in [0.29, 0.717) is 5.56 Å². The second-order valence-electron chi connectivity index (χ2n) is 5.47. The first-order chi connectivity index (χ1) is 11.3. The van der Waals surface area contributed by atoms with Crippen LogP contribution < -0.4 is 4.90 Å². The van der Waals surface area contributed by atoms with E-state index < -0.39 is 0 Å². The number of hydrogen-bond acceptors (Lipinski definition) is 4. The molecule has 0 amide bonds. The minimum atomic E-state index is -0.0260. The van der Waals surface area contributed by atoms with E-state index in [2.05, 4.69) is 22.1 Å². The van der Waals surface area contributed by atoms with Crippen molar-refractivity contribution < 1.29 is 9.53 Å². The highest BCUT2D eigenvalue weighted by Gasteiger charge is 2.10. The van der Waals surface area contributed by atoms with E-state index in [1.807, 2.05) is 25.1 Å². The smallest absolute Gasteiger partial charge is 0.189 e. The molecule has 0 saturated carbocycles. The summed E-state index contributed by atoms with van der Waals surface area (Å²) in [6, 6.07) is 8.24. The number of morpholine rings is 1. The first-order valence-corrected chi connectivity index (χ1v) is 7.94. The molecule has 120 valence electrons. The molecule has 1 fully saturated rings. The quantitative estimate of drug-likeness (QED) is 0.629. The third-order valence-corrected chi connectivity index (χ3v) is 3.94. The molecule has 1 aromatic carbocycles. The number of benzene rings is 1. The van der Waals surface area contributed by atoms with E-state index in [4.69, 9.17) is 4.74 Å². The second-order valence-corrected chi connectivity index (χ2v) is 5.47. The average Bonchev–Trinajstić information content (AvgIpc) is 3.10. The van der Waals surface area contributed by atoms with Gasteiger partial charge < -0.3 is 9.64 Å². The molecule has 0 N–H and O–H groups in total. The third-order valence-electron chi connectivity index (χ3n) is 3.94. The zero-order chi connectivity index (χ0) is 16.1. The summed E-state index contributed by atoms with van der Waals surface area (Å²) >= 11 is 0. The Labute approximate surface area is 136 Å². The van der Waals surface area contributed by atoms with E-state index in [9.17, 15) is 4.79 Å². The molecule has 1 aromatic heterocycles. The van der Waals surface area contributed by atoms with Gasteiger partial charge in [0, 0.05) is 31.5 Å². The molecule has 0 atom stereocenters. The summed E-state index contributed by atoms with van der Waals surface area (Å²) in [4.78, 5) is 14.4. The largest absolute Gasteiger partial charge is 0.378 e. The number of aromatic nitrogens is 2. The Bertz CT molecular complexity index is 683. The lowest BCUT2D eigenvalue weighted by Crippen LogP contribution is -2.36. The van der Waals surface area contributed by atoms with Gasteiger partial charge in [-0.1, -0.05) is 18.2 Å². The first-order valence-electron chi connectivity index (χ1n) is 7.94. The molecule has 0 aliphatic carbocycles. The number of ether oxygens (including phenoxy) is 1. The van der Waals surface area contributed by atoms with Gasteiger partial charge in [-0.2, -0.15) is 5.10 Å². The highest BCUT2D eigenvalue weighted by Crippen LogP contribution is 2.17. The summed E-state index contributed by atoms with van der Waals surface area (Å²) in [6.07, 6.45) is 6.82. The van der Waals surface area contributed by atoms with Crippen molar-refractivity contribution in [3.05, 3.63) is 53.9 Å². The van der Waals surface area contributed by atoms with E-state index in [0.717, 1.165) is 38.4 Å². The standard InChI is InChI=1S/C18H21N3O2/c1-2-21-14-16(13-19-21)18(22)8-5-15-3-6-17(7-4-15)20-9-11-23-12-10-20/h3-8,13-14H,2,9-12H2,1H3/b8-5+. The Morgan fingerprint density at radius 1 is 1.26 bits per heavy atom. The predicted molar refractivity (Wildman–Crippen MR) is 90.7 cm³/mol. The van der Waals surface area contributed by atoms with Crippen LogP contribution in [0.1, 0.15) is 22.8 Å². The Hall–Kier alpha value is -2.40. The number of carbonyl (C=O) groups is 1. The highest BCUT2D eigenvalue weighted by atomic mass is 16.5. The van der Waals surface area contributed by atoms with Gasteiger partial charge in [0.25, 0.3) is 0 Å². The van der Waals surface area contributed by atoms with Gasteiger partial charge in [-0.05, 0) is 30.7 Å². The number of nitrogens with zero attached hydrogens (tertiary/aromatic N) is 3. The zero-order valence-electron chi connectivity index (χ0n) is 13.3. The molecule has 23 heavy (non-hydrogen) atoms. The number of anilines is 1. The molecule has 0 bridgehead atoms. The van der Waals surface area contributed by atoms with Crippen LogP contribution in [0, 0.1) is 0 Å². The first kappa shape index (κ1) is 15.5. The lowest BCUT2D eigenvalue weighted by atomic mass is 10.1. The summed E-state index contributed by atoms with van der Waals surface area (Å²) in [7, 11) is 0. The number of aryl methyl sites for hydroxylation is 1. The third kappa shape index (κ3) is 3.87. The molecule has 3 rings (SSSR count). The summed E-state index contributed by atoms with van der Waals surface area (Å²) in [6.45, 7) is 6.17. The molecule has 5 nitrogen and oxygen atoms in total. The van der Waals surface area contributed by atoms with E-state index in [1.165, 1.54) is 5.69 Å². The summed E-state index contributed by atoms with van der Waals surface area (Å²) in [5.74, 6) is -0.0260. The van der Waals surface area contributed by atoms with Crippen LogP contribution in [0.5, 0.6) is 0 Å². The molecule has 0 unspecified atom stereocenters.